The SMILES string of the molecule is CCC(C)C1NC(=O)CN(c2cccc(C)c2Br)C1=O. The monoisotopic (exact) mass is 338 g/mol. The summed E-state index contributed by atoms with van der Waals surface area (Å²) in [5.74, 6) is -0.0219. The lowest BCUT2D eigenvalue weighted by Crippen LogP contribution is -2.60. The molecule has 1 saturated heterocycles. The summed E-state index contributed by atoms with van der Waals surface area (Å²) >= 11 is 3.51. The highest BCUT2D eigenvalue weighted by molar-refractivity contribution is 9.10. The van der Waals surface area contributed by atoms with Crippen molar-refractivity contribution in [1.29, 1.82) is 0 Å². The van der Waals surface area contributed by atoms with Crippen molar-refractivity contribution >= 4 is 33.4 Å². The van der Waals surface area contributed by atoms with Gasteiger partial charge in [0.05, 0.1) is 5.69 Å². The van der Waals surface area contributed by atoms with Crippen LogP contribution in [0.15, 0.2) is 22.7 Å². The normalized spacial score (nSPS) is 20.8. The Labute approximate surface area is 127 Å². The highest BCUT2D eigenvalue weighted by Gasteiger charge is 2.36. The molecule has 2 unspecified atom stereocenters. The predicted octanol–water partition coefficient (Wildman–Crippen LogP) is 2.64. The van der Waals surface area contributed by atoms with Crippen molar-refractivity contribution in [2.75, 3.05) is 11.4 Å². The van der Waals surface area contributed by atoms with Gasteiger partial charge in [-0.1, -0.05) is 32.4 Å². The summed E-state index contributed by atoms with van der Waals surface area (Å²) in [4.78, 5) is 26.1. The first kappa shape index (κ1) is 15.0. The third-order valence-electron chi connectivity index (χ3n) is 3.83. The van der Waals surface area contributed by atoms with Crippen LogP contribution in [-0.2, 0) is 9.59 Å². The molecule has 1 fully saturated rings. The third-order valence-corrected chi connectivity index (χ3v) is 4.86. The zero-order valence-electron chi connectivity index (χ0n) is 11.9. The Morgan fingerprint density at radius 1 is 1.45 bits per heavy atom. The molecule has 2 atom stereocenters. The minimum Gasteiger partial charge on any atom is -0.342 e. The molecule has 1 N–H and O–H groups in total. The summed E-state index contributed by atoms with van der Waals surface area (Å²) in [6.07, 6.45) is 0.847. The Kier molecular flexibility index (Phi) is 4.48. The second-order valence-electron chi connectivity index (χ2n) is 5.26. The largest absolute Gasteiger partial charge is 0.342 e. The number of hydrogen-bond acceptors (Lipinski definition) is 2. The van der Waals surface area contributed by atoms with Crippen LogP contribution in [0.25, 0.3) is 0 Å². The van der Waals surface area contributed by atoms with Crippen molar-refractivity contribution in [3.8, 4) is 0 Å². The van der Waals surface area contributed by atoms with Gasteiger partial charge < -0.3 is 10.2 Å². The van der Waals surface area contributed by atoms with Crippen molar-refractivity contribution in [2.45, 2.75) is 33.2 Å². The molecule has 2 amide bonds. The fraction of sp³-hybridized carbons (Fsp3) is 0.467. The van der Waals surface area contributed by atoms with Crippen LogP contribution in [0.3, 0.4) is 0 Å². The Bertz CT molecular complexity index is 545. The molecule has 20 heavy (non-hydrogen) atoms. The topological polar surface area (TPSA) is 49.4 Å². The van der Waals surface area contributed by atoms with E-state index in [4.69, 9.17) is 0 Å². The van der Waals surface area contributed by atoms with E-state index in [1.54, 1.807) is 4.90 Å². The maximum absolute atomic E-state index is 12.6. The fourth-order valence-electron chi connectivity index (χ4n) is 2.34. The maximum atomic E-state index is 12.6. The molecule has 108 valence electrons. The molecule has 0 aliphatic carbocycles. The molecule has 5 heteroatoms. The molecule has 1 aliphatic heterocycles. The van der Waals surface area contributed by atoms with Gasteiger partial charge in [-0.2, -0.15) is 0 Å². The van der Waals surface area contributed by atoms with E-state index in [-0.39, 0.29) is 24.3 Å². The molecule has 0 spiro atoms. The van der Waals surface area contributed by atoms with Gasteiger partial charge in [0.15, 0.2) is 0 Å². The first-order valence-corrected chi connectivity index (χ1v) is 7.60. The van der Waals surface area contributed by atoms with Crippen LogP contribution in [0.4, 0.5) is 5.69 Å². The van der Waals surface area contributed by atoms with Crippen LogP contribution >= 0.6 is 15.9 Å². The van der Waals surface area contributed by atoms with Gasteiger partial charge in [0.25, 0.3) is 0 Å². The molecule has 0 aromatic heterocycles. The van der Waals surface area contributed by atoms with Crippen LogP contribution < -0.4 is 10.2 Å². The average molecular weight is 339 g/mol. The first-order valence-electron chi connectivity index (χ1n) is 6.81. The number of carbonyl (C=O) groups excluding carboxylic acids is 2. The summed E-state index contributed by atoms with van der Waals surface area (Å²) in [5, 5.41) is 2.81. The molecule has 1 aliphatic rings. The lowest BCUT2D eigenvalue weighted by molar-refractivity contribution is -0.132. The van der Waals surface area contributed by atoms with E-state index in [0.717, 1.165) is 22.1 Å². The predicted molar refractivity (Wildman–Crippen MR) is 82.6 cm³/mol. The van der Waals surface area contributed by atoms with Crippen molar-refractivity contribution in [1.82, 2.24) is 5.32 Å². The van der Waals surface area contributed by atoms with Crippen molar-refractivity contribution < 1.29 is 9.59 Å². The Morgan fingerprint density at radius 3 is 2.80 bits per heavy atom. The van der Waals surface area contributed by atoms with E-state index in [1.807, 2.05) is 39.0 Å². The smallest absolute Gasteiger partial charge is 0.250 e. The van der Waals surface area contributed by atoms with E-state index in [1.165, 1.54) is 0 Å². The standard InChI is InChI=1S/C15H19BrN2O2/c1-4-9(2)14-15(20)18(8-12(19)17-14)11-7-5-6-10(3)13(11)16/h5-7,9,14H,4,8H2,1-3H3,(H,17,19). The molecule has 0 bridgehead atoms. The number of nitrogens with one attached hydrogen (secondary N) is 1. The number of aryl methyl sites for hydroxylation is 1. The number of carbonyl (C=O) groups is 2. The van der Waals surface area contributed by atoms with Gasteiger partial charge in [-0.3, -0.25) is 9.59 Å². The summed E-state index contributed by atoms with van der Waals surface area (Å²) in [6, 6.07) is 5.29. The van der Waals surface area contributed by atoms with Gasteiger partial charge in [-0.05, 0) is 40.4 Å². The van der Waals surface area contributed by atoms with Gasteiger partial charge in [0.2, 0.25) is 11.8 Å². The number of piperazine rings is 1. The zero-order chi connectivity index (χ0) is 14.9. The lowest BCUT2D eigenvalue weighted by Gasteiger charge is -2.35. The summed E-state index contributed by atoms with van der Waals surface area (Å²) in [5.41, 5.74) is 1.81. The molecule has 0 saturated carbocycles. The van der Waals surface area contributed by atoms with Crippen LogP contribution in [0.1, 0.15) is 25.8 Å². The van der Waals surface area contributed by atoms with E-state index in [2.05, 4.69) is 21.2 Å². The van der Waals surface area contributed by atoms with Gasteiger partial charge in [0.1, 0.15) is 12.6 Å². The molecular formula is C15H19BrN2O2. The molecular weight excluding hydrogens is 320 g/mol. The number of nitrogens with zero attached hydrogens (tertiary/aromatic N) is 1. The van der Waals surface area contributed by atoms with E-state index >= 15 is 0 Å². The molecule has 2 rings (SSSR count). The molecule has 1 heterocycles. The van der Waals surface area contributed by atoms with Gasteiger partial charge in [0, 0.05) is 4.47 Å². The summed E-state index contributed by atoms with van der Waals surface area (Å²) in [7, 11) is 0. The van der Waals surface area contributed by atoms with E-state index in [0.29, 0.717) is 0 Å². The number of anilines is 1. The molecule has 4 nitrogen and oxygen atoms in total. The van der Waals surface area contributed by atoms with Gasteiger partial charge in [-0.25, -0.2) is 0 Å². The molecule has 0 radical (unpaired) electrons. The lowest BCUT2D eigenvalue weighted by atomic mass is 9.96. The van der Waals surface area contributed by atoms with E-state index < -0.39 is 6.04 Å². The van der Waals surface area contributed by atoms with Crippen LogP contribution in [-0.4, -0.2) is 24.4 Å². The number of rotatable bonds is 3. The van der Waals surface area contributed by atoms with E-state index in [9.17, 15) is 9.59 Å². The Hall–Kier alpha value is -1.36. The average Bonchev–Trinajstić information content (AvgIpc) is 2.43. The maximum Gasteiger partial charge on any atom is 0.250 e. The first-order chi connectivity index (χ1) is 9.45. The molecule has 1 aromatic rings. The second-order valence-corrected chi connectivity index (χ2v) is 6.06. The number of halogens is 1. The highest BCUT2D eigenvalue weighted by atomic mass is 79.9. The number of amides is 2. The van der Waals surface area contributed by atoms with Crippen molar-refractivity contribution in [3.05, 3.63) is 28.2 Å². The van der Waals surface area contributed by atoms with Gasteiger partial charge >= 0.3 is 0 Å². The van der Waals surface area contributed by atoms with Crippen LogP contribution in [0, 0.1) is 12.8 Å². The minimum absolute atomic E-state index is 0.0368. The van der Waals surface area contributed by atoms with Gasteiger partial charge in [-0.15, -0.1) is 0 Å². The summed E-state index contributed by atoms with van der Waals surface area (Å²) < 4.78 is 0.867. The number of benzene rings is 1. The van der Waals surface area contributed by atoms with Crippen molar-refractivity contribution in [3.63, 3.8) is 0 Å². The third kappa shape index (κ3) is 2.73. The fourth-order valence-corrected chi connectivity index (χ4v) is 2.81. The van der Waals surface area contributed by atoms with Crippen molar-refractivity contribution in [2.24, 2.45) is 5.92 Å². The Morgan fingerprint density at radius 2 is 2.15 bits per heavy atom. The highest BCUT2D eigenvalue weighted by Crippen LogP contribution is 2.31. The van der Waals surface area contributed by atoms with Crippen LogP contribution in [0.2, 0.25) is 0 Å². The second kappa shape index (κ2) is 5.95. The summed E-state index contributed by atoms with van der Waals surface area (Å²) in [6.45, 7) is 6.05. The zero-order valence-corrected chi connectivity index (χ0v) is 13.5. The Balaban J connectivity index is 2.37. The van der Waals surface area contributed by atoms with Crippen LogP contribution in [0.5, 0.6) is 0 Å². The minimum atomic E-state index is -0.436. The molecule has 1 aromatic carbocycles. The quantitative estimate of drug-likeness (QED) is 0.920. The number of hydrogen-bond donors (Lipinski definition) is 1.